The summed E-state index contributed by atoms with van der Waals surface area (Å²) in [4.78, 5) is 12.4. The van der Waals surface area contributed by atoms with Crippen LogP contribution in [0.2, 0.25) is 0 Å². The molecule has 6 nitrogen and oxygen atoms in total. The largest absolute Gasteiger partial charge is 0.416 e. The lowest BCUT2D eigenvalue weighted by Gasteiger charge is -2.29. The third-order valence-electron chi connectivity index (χ3n) is 5.67. The Bertz CT molecular complexity index is 1000. The molecule has 1 amide bonds. The third-order valence-corrected chi connectivity index (χ3v) is 7.20. The fourth-order valence-electron chi connectivity index (χ4n) is 3.84. The van der Waals surface area contributed by atoms with Gasteiger partial charge >= 0.3 is 6.18 Å². The minimum atomic E-state index is -4.53. The molecule has 10 heteroatoms. The van der Waals surface area contributed by atoms with Gasteiger partial charge in [0.25, 0.3) is 0 Å². The average Bonchev–Trinajstić information content (AvgIpc) is 2.77. The minimum Gasteiger partial charge on any atom is -0.348 e. The Hall–Kier alpha value is -2.43. The molecule has 1 saturated carbocycles. The second-order valence-corrected chi connectivity index (χ2v) is 9.61. The van der Waals surface area contributed by atoms with Gasteiger partial charge in [0.05, 0.1) is 16.5 Å². The summed E-state index contributed by atoms with van der Waals surface area (Å²) >= 11 is 0. The van der Waals surface area contributed by atoms with E-state index < -0.39 is 21.8 Å². The van der Waals surface area contributed by atoms with E-state index in [0.29, 0.717) is 25.7 Å². The van der Waals surface area contributed by atoms with E-state index in [1.807, 2.05) is 30.3 Å². The van der Waals surface area contributed by atoms with Gasteiger partial charge in [0.15, 0.2) is 0 Å². The van der Waals surface area contributed by atoms with E-state index in [1.54, 1.807) is 0 Å². The highest BCUT2D eigenvalue weighted by Gasteiger charge is 2.32. The van der Waals surface area contributed by atoms with Crippen molar-refractivity contribution in [3.63, 3.8) is 0 Å². The van der Waals surface area contributed by atoms with E-state index in [0.717, 1.165) is 29.8 Å². The second-order valence-electron chi connectivity index (χ2n) is 7.90. The Labute approximate surface area is 185 Å². The van der Waals surface area contributed by atoms with Crippen molar-refractivity contribution < 1.29 is 26.4 Å². The molecule has 32 heavy (non-hydrogen) atoms. The first kappa shape index (κ1) is 24.2. The maximum absolute atomic E-state index is 12.7. The molecule has 0 spiro atoms. The van der Waals surface area contributed by atoms with Crippen LogP contribution >= 0.6 is 0 Å². The van der Waals surface area contributed by atoms with Crippen molar-refractivity contribution in [1.82, 2.24) is 10.0 Å². The number of amides is 1. The number of carbonyl (C=O) groups is 1. The molecule has 2 aromatic rings. The van der Waals surface area contributed by atoms with Crippen LogP contribution in [0.4, 0.5) is 13.2 Å². The summed E-state index contributed by atoms with van der Waals surface area (Å²) in [5.74, 6) is -0.368. The predicted molar refractivity (Wildman–Crippen MR) is 114 cm³/mol. The molecule has 1 aliphatic carbocycles. The van der Waals surface area contributed by atoms with E-state index in [9.17, 15) is 26.4 Å². The Kier molecular flexibility index (Phi) is 7.58. The van der Waals surface area contributed by atoms with Crippen LogP contribution in [0.15, 0.2) is 59.5 Å². The van der Waals surface area contributed by atoms with Gasteiger partial charge in [0.2, 0.25) is 15.9 Å². The van der Waals surface area contributed by atoms with Gasteiger partial charge in [-0.05, 0) is 55.5 Å². The zero-order chi connectivity index (χ0) is 23.4. The van der Waals surface area contributed by atoms with Crippen molar-refractivity contribution in [2.45, 2.75) is 48.8 Å². The molecule has 2 aromatic carbocycles. The maximum Gasteiger partial charge on any atom is 0.416 e. The van der Waals surface area contributed by atoms with Gasteiger partial charge in [-0.2, -0.15) is 13.2 Å². The zero-order valence-electron chi connectivity index (χ0n) is 17.3. The van der Waals surface area contributed by atoms with Crippen molar-refractivity contribution in [3.8, 4) is 0 Å². The van der Waals surface area contributed by atoms with Gasteiger partial charge in [-0.1, -0.05) is 30.3 Å². The number of sulfonamides is 1. The van der Waals surface area contributed by atoms with Crippen molar-refractivity contribution in [3.05, 3.63) is 65.7 Å². The molecule has 0 unspecified atom stereocenters. The number of nitrogens with one attached hydrogen (secondary N) is 2. The molecule has 0 saturated heterocycles. The number of benzene rings is 2. The number of carbonyl (C=O) groups excluding carboxylic acids is 1. The van der Waals surface area contributed by atoms with Crippen LogP contribution in [-0.2, 0) is 21.0 Å². The maximum atomic E-state index is 12.7. The number of rotatable bonds is 7. The predicted octanol–water partition coefficient (Wildman–Crippen LogP) is 3.36. The number of nitrogens with two attached hydrogens (primary N) is 1. The smallest absolute Gasteiger partial charge is 0.348 e. The molecule has 0 heterocycles. The minimum absolute atomic E-state index is 0.117. The summed E-state index contributed by atoms with van der Waals surface area (Å²) in [6, 6.07) is 12.1. The Morgan fingerprint density at radius 1 is 1.00 bits per heavy atom. The molecular weight excluding hydrogens is 443 g/mol. The summed E-state index contributed by atoms with van der Waals surface area (Å²) < 4.78 is 65.7. The normalized spacial score (nSPS) is 20.5. The van der Waals surface area contributed by atoms with Crippen molar-refractivity contribution in [2.75, 3.05) is 6.54 Å². The van der Waals surface area contributed by atoms with Crippen molar-refractivity contribution >= 4 is 15.9 Å². The number of hydrogen-bond acceptors (Lipinski definition) is 4. The lowest BCUT2D eigenvalue weighted by molar-refractivity contribution is -0.137. The fourth-order valence-corrected chi connectivity index (χ4v) is 5.14. The lowest BCUT2D eigenvalue weighted by Crippen LogP contribution is -2.42. The van der Waals surface area contributed by atoms with Gasteiger partial charge < -0.3 is 11.1 Å². The molecular formula is C22H26F3N3O3S. The Morgan fingerprint density at radius 3 is 2.12 bits per heavy atom. The highest BCUT2D eigenvalue weighted by Crippen LogP contribution is 2.30. The quantitative estimate of drug-likeness (QED) is 0.579. The van der Waals surface area contributed by atoms with E-state index in [1.165, 1.54) is 0 Å². The van der Waals surface area contributed by atoms with E-state index in [2.05, 4.69) is 10.0 Å². The average molecular weight is 470 g/mol. The lowest BCUT2D eigenvalue weighted by atomic mass is 9.85. The van der Waals surface area contributed by atoms with Crippen LogP contribution in [-0.4, -0.2) is 26.9 Å². The molecule has 0 bridgehead atoms. The summed E-state index contributed by atoms with van der Waals surface area (Å²) in [6.07, 6.45) is -2.62. The van der Waals surface area contributed by atoms with Gasteiger partial charge in [0.1, 0.15) is 0 Å². The number of hydrogen-bond donors (Lipinski definition) is 3. The fraction of sp³-hybridized carbons (Fsp3) is 0.409. The summed E-state index contributed by atoms with van der Waals surface area (Å²) in [5.41, 5.74) is 5.82. The Balaban J connectivity index is 1.54. The molecule has 3 rings (SSSR count). The molecule has 1 aliphatic rings. The van der Waals surface area contributed by atoms with Crippen LogP contribution in [0.3, 0.4) is 0 Å². The second kappa shape index (κ2) is 10.0. The first-order valence-corrected chi connectivity index (χ1v) is 11.8. The van der Waals surface area contributed by atoms with Gasteiger partial charge in [-0.3, -0.25) is 4.79 Å². The van der Waals surface area contributed by atoms with E-state index in [-0.39, 0.29) is 35.3 Å². The highest BCUT2D eigenvalue weighted by molar-refractivity contribution is 7.89. The van der Waals surface area contributed by atoms with Crippen molar-refractivity contribution in [1.29, 1.82) is 0 Å². The van der Waals surface area contributed by atoms with Crippen LogP contribution < -0.4 is 15.8 Å². The van der Waals surface area contributed by atoms with Crippen LogP contribution in [0.5, 0.6) is 0 Å². The third kappa shape index (κ3) is 6.08. The molecule has 0 radical (unpaired) electrons. The number of alkyl halides is 3. The zero-order valence-corrected chi connectivity index (χ0v) is 18.1. The topological polar surface area (TPSA) is 101 Å². The number of halogens is 3. The standard InChI is InChI=1S/C22H26F3N3O3S/c23-22(24,25)17-8-12-19(13-9-17)32(30,31)28-18-10-6-16(7-11-18)21(29)27-20(14-26)15-4-2-1-3-5-15/h1-5,8-9,12-13,16,18,20,28H,6-7,10-11,14,26H2,(H,27,29)/t16?,18?,20-/m1/s1. The summed E-state index contributed by atoms with van der Waals surface area (Å²) in [7, 11) is -3.95. The molecule has 1 fully saturated rings. The van der Waals surface area contributed by atoms with Gasteiger partial charge in [-0.25, -0.2) is 13.1 Å². The van der Waals surface area contributed by atoms with Crippen LogP contribution in [0.1, 0.15) is 42.9 Å². The molecule has 4 N–H and O–H groups in total. The molecule has 1 atom stereocenters. The Morgan fingerprint density at radius 2 is 1.59 bits per heavy atom. The summed E-state index contributed by atoms with van der Waals surface area (Å²) in [6.45, 7) is 0.262. The van der Waals surface area contributed by atoms with E-state index in [4.69, 9.17) is 5.73 Å². The van der Waals surface area contributed by atoms with Crippen LogP contribution in [0, 0.1) is 5.92 Å². The SMILES string of the molecule is NC[C@@H](NC(=O)C1CCC(NS(=O)(=O)c2ccc(C(F)(F)F)cc2)CC1)c1ccccc1. The van der Waals surface area contributed by atoms with Crippen molar-refractivity contribution in [2.24, 2.45) is 11.7 Å². The van der Waals surface area contributed by atoms with E-state index >= 15 is 0 Å². The first-order chi connectivity index (χ1) is 15.1. The van der Waals surface area contributed by atoms with Gasteiger partial charge in [-0.15, -0.1) is 0 Å². The molecule has 0 aliphatic heterocycles. The van der Waals surface area contributed by atoms with Crippen LogP contribution in [0.25, 0.3) is 0 Å². The monoisotopic (exact) mass is 469 g/mol. The molecule has 0 aromatic heterocycles. The summed E-state index contributed by atoms with van der Waals surface area (Å²) in [5, 5.41) is 2.96. The first-order valence-electron chi connectivity index (χ1n) is 10.3. The van der Waals surface area contributed by atoms with Gasteiger partial charge in [0, 0.05) is 18.5 Å². The highest BCUT2D eigenvalue weighted by atomic mass is 32.2. The molecule has 174 valence electrons.